The molecule has 106 valence electrons. The quantitative estimate of drug-likeness (QED) is 0.846. The van der Waals surface area contributed by atoms with Crippen molar-refractivity contribution in [2.24, 2.45) is 0 Å². The van der Waals surface area contributed by atoms with Crippen LogP contribution in [0.25, 0.3) is 11.6 Å². The van der Waals surface area contributed by atoms with E-state index in [1.165, 1.54) is 0 Å². The Morgan fingerprint density at radius 3 is 3.10 bits per heavy atom. The van der Waals surface area contributed by atoms with Gasteiger partial charge < -0.3 is 14.5 Å². The fourth-order valence-corrected chi connectivity index (χ4v) is 2.96. The molecule has 1 atom stereocenters. The topological polar surface area (TPSA) is 82.2 Å². The number of amides is 1. The van der Waals surface area contributed by atoms with E-state index in [0.717, 1.165) is 11.7 Å². The van der Waals surface area contributed by atoms with Gasteiger partial charge in [0.05, 0.1) is 12.3 Å². The molecule has 8 heteroatoms. The van der Waals surface area contributed by atoms with Gasteiger partial charge in [-0.15, -0.1) is 10.2 Å². The largest absolute Gasteiger partial charge is 0.461 e. The van der Waals surface area contributed by atoms with Crippen LogP contribution >= 0.6 is 11.8 Å². The number of furan rings is 1. The molecule has 0 spiro atoms. The molecule has 1 unspecified atom stereocenters. The minimum Gasteiger partial charge on any atom is -0.461 e. The van der Waals surface area contributed by atoms with E-state index >= 15 is 0 Å². The molecule has 1 fully saturated rings. The molecule has 3 heterocycles. The third-order valence-electron chi connectivity index (χ3n) is 2.93. The van der Waals surface area contributed by atoms with Crippen molar-refractivity contribution in [2.75, 3.05) is 12.4 Å². The Bertz CT molecular complexity index is 596. The van der Waals surface area contributed by atoms with Crippen molar-refractivity contribution in [3.05, 3.63) is 18.4 Å². The summed E-state index contributed by atoms with van der Waals surface area (Å²) < 4.78 is 12.2. The Labute approximate surface area is 119 Å². The predicted octanol–water partition coefficient (Wildman–Crippen LogP) is 1.76. The van der Waals surface area contributed by atoms with Gasteiger partial charge in [0.15, 0.2) is 16.7 Å². The Hall–Kier alpha value is -1.96. The van der Waals surface area contributed by atoms with E-state index in [0.29, 0.717) is 23.9 Å². The van der Waals surface area contributed by atoms with Gasteiger partial charge in [-0.1, -0.05) is 11.8 Å². The zero-order chi connectivity index (χ0) is 13.9. The molecule has 0 radical (unpaired) electrons. The average Bonchev–Trinajstić information content (AvgIpc) is 3.16. The highest BCUT2D eigenvalue weighted by Crippen LogP contribution is 2.24. The van der Waals surface area contributed by atoms with Crippen molar-refractivity contribution >= 4 is 17.9 Å². The lowest BCUT2D eigenvalue weighted by atomic mass is 10.4. The zero-order valence-electron chi connectivity index (χ0n) is 10.9. The summed E-state index contributed by atoms with van der Waals surface area (Å²) in [6, 6.07) is 3.69. The highest BCUT2D eigenvalue weighted by atomic mass is 32.2. The van der Waals surface area contributed by atoms with Gasteiger partial charge in [0.2, 0.25) is 0 Å². The first-order chi connectivity index (χ1) is 9.78. The molecule has 3 rings (SSSR count). The number of thioether (sulfide) groups is 1. The average molecular weight is 294 g/mol. The molecule has 2 aromatic heterocycles. The van der Waals surface area contributed by atoms with E-state index in [9.17, 15) is 4.79 Å². The van der Waals surface area contributed by atoms with Crippen LogP contribution in [0.1, 0.15) is 6.92 Å². The highest BCUT2D eigenvalue weighted by Gasteiger charge is 2.23. The molecule has 1 aliphatic heterocycles. The second-order valence-corrected chi connectivity index (χ2v) is 5.27. The van der Waals surface area contributed by atoms with Crippen LogP contribution in [0.3, 0.4) is 0 Å². The van der Waals surface area contributed by atoms with Crippen LogP contribution in [0.5, 0.6) is 0 Å². The van der Waals surface area contributed by atoms with E-state index < -0.39 is 0 Å². The fourth-order valence-electron chi connectivity index (χ4n) is 1.96. The fraction of sp³-hybridized carbons (Fsp3) is 0.417. The number of carbonyl (C=O) groups excluding carboxylic acids is 1. The number of hydrogen-bond donors (Lipinski definition) is 1. The standard InChI is InChI=1S/C12H14N4O3S/c1-2-16-10(9-4-3-5-18-9)14-15-11(16)20-7-8-6-19-12(17)13-8/h3-5,8H,2,6-7H2,1H3,(H,13,17). The van der Waals surface area contributed by atoms with Gasteiger partial charge in [-0.2, -0.15) is 0 Å². The molecule has 0 saturated carbocycles. The summed E-state index contributed by atoms with van der Waals surface area (Å²) >= 11 is 1.54. The Morgan fingerprint density at radius 1 is 1.55 bits per heavy atom. The van der Waals surface area contributed by atoms with Crippen LogP contribution < -0.4 is 5.32 Å². The maximum Gasteiger partial charge on any atom is 0.407 e. The highest BCUT2D eigenvalue weighted by molar-refractivity contribution is 7.99. The lowest BCUT2D eigenvalue weighted by molar-refractivity contribution is 0.177. The molecule has 0 bridgehead atoms. The SMILES string of the molecule is CCn1c(SCC2COC(=O)N2)nnc1-c1ccco1. The van der Waals surface area contributed by atoms with Crippen molar-refractivity contribution in [3.8, 4) is 11.6 Å². The third kappa shape index (κ3) is 2.51. The summed E-state index contributed by atoms with van der Waals surface area (Å²) in [6.07, 6.45) is 1.26. The Balaban J connectivity index is 1.72. The third-order valence-corrected chi connectivity index (χ3v) is 4.06. The van der Waals surface area contributed by atoms with Crippen molar-refractivity contribution in [1.82, 2.24) is 20.1 Å². The number of hydrogen-bond acceptors (Lipinski definition) is 6. The maximum absolute atomic E-state index is 11.0. The first-order valence-corrected chi connectivity index (χ1v) is 7.29. The summed E-state index contributed by atoms with van der Waals surface area (Å²) in [5.41, 5.74) is 0. The molecule has 1 saturated heterocycles. The van der Waals surface area contributed by atoms with Gasteiger partial charge in [-0.3, -0.25) is 4.57 Å². The number of rotatable bonds is 5. The van der Waals surface area contributed by atoms with Crippen LogP contribution in [0.2, 0.25) is 0 Å². The molecular weight excluding hydrogens is 280 g/mol. The molecule has 1 N–H and O–H groups in total. The normalized spacial score (nSPS) is 18.1. The number of carbonyl (C=O) groups is 1. The van der Waals surface area contributed by atoms with E-state index in [4.69, 9.17) is 9.15 Å². The van der Waals surface area contributed by atoms with E-state index in [-0.39, 0.29) is 12.1 Å². The maximum atomic E-state index is 11.0. The van der Waals surface area contributed by atoms with Crippen LogP contribution in [-0.2, 0) is 11.3 Å². The molecule has 20 heavy (non-hydrogen) atoms. The van der Waals surface area contributed by atoms with Gasteiger partial charge in [0.25, 0.3) is 0 Å². The van der Waals surface area contributed by atoms with Gasteiger partial charge in [-0.25, -0.2) is 4.79 Å². The van der Waals surface area contributed by atoms with Crippen molar-refractivity contribution < 1.29 is 13.9 Å². The van der Waals surface area contributed by atoms with Crippen LogP contribution in [0.15, 0.2) is 28.0 Å². The van der Waals surface area contributed by atoms with E-state index in [1.54, 1.807) is 18.0 Å². The van der Waals surface area contributed by atoms with Crippen molar-refractivity contribution in [1.29, 1.82) is 0 Å². The van der Waals surface area contributed by atoms with Gasteiger partial charge >= 0.3 is 6.09 Å². The minimum atomic E-state index is -0.358. The molecule has 2 aromatic rings. The van der Waals surface area contributed by atoms with Crippen molar-refractivity contribution in [3.63, 3.8) is 0 Å². The van der Waals surface area contributed by atoms with E-state index in [1.807, 2.05) is 23.6 Å². The predicted molar refractivity (Wildman–Crippen MR) is 72.4 cm³/mol. The smallest absolute Gasteiger partial charge is 0.407 e. The summed E-state index contributed by atoms with van der Waals surface area (Å²) in [6.45, 7) is 3.18. The second kappa shape index (κ2) is 5.58. The van der Waals surface area contributed by atoms with Gasteiger partial charge in [0, 0.05) is 12.3 Å². The van der Waals surface area contributed by atoms with Crippen LogP contribution in [-0.4, -0.2) is 39.3 Å². The monoisotopic (exact) mass is 294 g/mol. The lowest BCUT2D eigenvalue weighted by Gasteiger charge is -2.08. The second-order valence-electron chi connectivity index (χ2n) is 4.28. The van der Waals surface area contributed by atoms with E-state index in [2.05, 4.69) is 15.5 Å². The van der Waals surface area contributed by atoms with Gasteiger partial charge in [-0.05, 0) is 19.1 Å². The van der Waals surface area contributed by atoms with Crippen LogP contribution in [0.4, 0.5) is 4.79 Å². The number of nitrogens with zero attached hydrogens (tertiary/aromatic N) is 3. The first-order valence-electron chi connectivity index (χ1n) is 6.31. The lowest BCUT2D eigenvalue weighted by Crippen LogP contribution is -2.28. The van der Waals surface area contributed by atoms with Crippen molar-refractivity contribution in [2.45, 2.75) is 24.7 Å². The molecule has 1 aliphatic rings. The van der Waals surface area contributed by atoms with Gasteiger partial charge in [0.1, 0.15) is 6.61 Å². The Kier molecular flexibility index (Phi) is 3.64. The molecule has 0 aromatic carbocycles. The first kappa shape index (κ1) is 13.0. The molecular formula is C12H14N4O3S. The molecule has 1 amide bonds. The Morgan fingerprint density at radius 2 is 2.45 bits per heavy atom. The number of ether oxygens (including phenoxy) is 1. The molecule has 0 aliphatic carbocycles. The summed E-state index contributed by atoms with van der Waals surface area (Å²) in [5.74, 6) is 2.11. The van der Waals surface area contributed by atoms with Crippen LogP contribution in [0, 0.1) is 0 Å². The summed E-state index contributed by atoms with van der Waals surface area (Å²) in [4.78, 5) is 11.0. The zero-order valence-corrected chi connectivity index (χ0v) is 11.7. The number of aromatic nitrogens is 3. The number of cyclic esters (lactones) is 1. The molecule has 7 nitrogen and oxygen atoms in total. The summed E-state index contributed by atoms with van der Waals surface area (Å²) in [7, 11) is 0. The summed E-state index contributed by atoms with van der Waals surface area (Å²) in [5, 5.41) is 11.9. The number of alkyl carbamates (subject to hydrolysis) is 1. The number of nitrogens with one attached hydrogen (secondary N) is 1. The minimum absolute atomic E-state index is 0.0153.